The molecule has 0 bridgehead atoms. The van der Waals surface area contributed by atoms with Gasteiger partial charge in [-0.3, -0.25) is 4.79 Å². The van der Waals surface area contributed by atoms with E-state index in [0.29, 0.717) is 42.8 Å². The number of hydrogen-bond donors (Lipinski definition) is 1. The summed E-state index contributed by atoms with van der Waals surface area (Å²) in [5.74, 6) is 0.653. The Bertz CT molecular complexity index is 818. The fraction of sp³-hybridized carbons (Fsp3) is 0.350. The third-order valence-electron chi connectivity index (χ3n) is 3.97. The minimum absolute atomic E-state index is 0.268. The summed E-state index contributed by atoms with van der Waals surface area (Å²) in [5, 5.41) is 2.93. The zero-order valence-corrected chi connectivity index (χ0v) is 15.1. The van der Waals surface area contributed by atoms with Crippen LogP contribution >= 0.6 is 0 Å². The van der Waals surface area contributed by atoms with Crippen LogP contribution in [0.5, 0.6) is 5.88 Å². The predicted octanol–water partition coefficient (Wildman–Crippen LogP) is 3.60. The molecule has 0 saturated carbocycles. The molecule has 0 aliphatic carbocycles. The van der Waals surface area contributed by atoms with Crippen LogP contribution in [-0.4, -0.2) is 36.5 Å². The van der Waals surface area contributed by atoms with Crippen LogP contribution in [0.3, 0.4) is 0 Å². The lowest BCUT2D eigenvalue weighted by Crippen LogP contribution is -2.17. The highest BCUT2D eigenvalue weighted by atomic mass is 16.5. The van der Waals surface area contributed by atoms with Gasteiger partial charge >= 0.3 is 0 Å². The molecule has 1 aliphatic heterocycles. The number of ether oxygens (including phenoxy) is 2. The lowest BCUT2D eigenvalue weighted by atomic mass is 10.1. The van der Waals surface area contributed by atoms with Crippen molar-refractivity contribution in [1.82, 2.24) is 4.98 Å². The second-order valence-corrected chi connectivity index (χ2v) is 6.04. The molecule has 0 atom stereocenters. The average Bonchev–Trinajstić information content (AvgIpc) is 3.17. The van der Waals surface area contributed by atoms with Crippen LogP contribution in [0, 0.1) is 6.92 Å². The third kappa shape index (κ3) is 4.20. The SMILES string of the molecule is CCCCOc1nc(C)ccc1C(=O)Nc1ccccc1C1=NCCO1. The lowest BCUT2D eigenvalue weighted by molar-refractivity contribution is 0.102. The molecule has 0 saturated heterocycles. The van der Waals surface area contributed by atoms with Gasteiger partial charge in [0.15, 0.2) is 0 Å². The number of benzene rings is 1. The summed E-state index contributed by atoms with van der Waals surface area (Å²) in [6.45, 7) is 5.70. The van der Waals surface area contributed by atoms with Crippen LogP contribution in [0.2, 0.25) is 0 Å². The number of aliphatic imine (C=N–C) groups is 1. The molecule has 3 rings (SSSR count). The maximum Gasteiger partial charge on any atom is 0.261 e. The summed E-state index contributed by atoms with van der Waals surface area (Å²) in [5.41, 5.74) is 2.64. The minimum Gasteiger partial charge on any atom is -0.477 e. The highest BCUT2D eigenvalue weighted by Crippen LogP contribution is 2.22. The summed E-state index contributed by atoms with van der Waals surface area (Å²) in [7, 11) is 0. The Hall–Kier alpha value is -2.89. The van der Waals surface area contributed by atoms with Crippen molar-refractivity contribution in [3.8, 4) is 5.88 Å². The van der Waals surface area contributed by atoms with Crippen molar-refractivity contribution in [3.05, 3.63) is 53.2 Å². The number of hydrogen-bond acceptors (Lipinski definition) is 5. The number of nitrogens with one attached hydrogen (secondary N) is 1. The molecule has 1 N–H and O–H groups in total. The summed E-state index contributed by atoms with van der Waals surface area (Å²) in [6.07, 6.45) is 1.93. The van der Waals surface area contributed by atoms with Gasteiger partial charge in [-0.2, -0.15) is 0 Å². The van der Waals surface area contributed by atoms with Crippen LogP contribution in [0.1, 0.15) is 41.4 Å². The van der Waals surface area contributed by atoms with Crippen LogP contribution in [0.15, 0.2) is 41.4 Å². The second-order valence-electron chi connectivity index (χ2n) is 6.04. The minimum atomic E-state index is -0.268. The fourth-order valence-corrected chi connectivity index (χ4v) is 2.60. The molecule has 1 aromatic heterocycles. The van der Waals surface area contributed by atoms with E-state index >= 15 is 0 Å². The molecule has 136 valence electrons. The van der Waals surface area contributed by atoms with Gasteiger partial charge in [-0.15, -0.1) is 0 Å². The van der Waals surface area contributed by atoms with Crippen LogP contribution < -0.4 is 10.1 Å². The molecule has 1 aliphatic rings. The normalized spacial score (nSPS) is 13.1. The van der Waals surface area contributed by atoms with Crippen molar-refractivity contribution in [2.24, 2.45) is 4.99 Å². The number of nitrogens with zero attached hydrogens (tertiary/aromatic N) is 2. The van der Waals surface area contributed by atoms with Crippen molar-refractivity contribution in [2.45, 2.75) is 26.7 Å². The predicted molar refractivity (Wildman–Crippen MR) is 101 cm³/mol. The maximum atomic E-state index is 12.8. The largest absolute Gasteiger partial charge is 0.477 e. The smallest absolute Gasteiger partial charge is 0.261 e. The van der Waals surface area contributed by atoms with Crippen LogP contribution in [0.4, 0.5) is 5.69 Å². The van der Waals surface area contributed by atoms with E-state index in [1.807, 2.05) is 31.2 Å². The number of amides is 1. The van der Waals surface area contributed by atoms with Gasteiger partial charge in [0.2, 0.25) is 11.8 Å². The van der Waals surface area contributed by atoms with Crippen molar-refractivity contribution in [3.63, 3.8) is 0 Å². The molecule has 2 heterocycles. The first kappa shape index (κ1) is 17.9. The first-order valence-electron chi connectivity index (χ1n) is 8.87. The van der Waals surface area contributed by atoms with E-state index < -0.39 is 0 Å². The molecule has 6 nitrogen and oxygen atoms in total. The molecule has 0 radical (unpaired) electrons. The van der Waals surface area contributed by atoms with Gasteiger partial charge in [0.25, 0.3) is 5.91 Å². The second kappa shape index (κ2) is 8.47. The van der Waals surface area contributed by atoms with Crippen molar-refractivity contribution in [1.29, 1.82) is 0 Å². The molecule has 0 unspecified atom stereocenters. The van der Waals surface area contributed by atoms with Crippen LogP contribution in [-0.2, 0) is 4.74 Å². The molecule has 0 spiro atoms. The number of aryl methyl sites for hydroxylation is 1. The van der Waals surface area contributed by atoms with E-state index in [2.05, 4.69) is 22.2 Å². The number of carbonyl (C=O) groups is 1. The Kier molecular flexibility index (Phi) is 5.84. The van der Waals surface area contributed by atoms with E-state index in [1.54, 1.807) is 12.1 Å². The van der Waals surface area contributed by atoms with Gasteiger partial charge in [0, 0.05) is 5.69 Å². The standard InChI is InChI=1S/C20H23N3O3/c1-3-4-12-25-20-16(10-9-14(2)22-20)18(24)23-17-8-6-5-7-15(17)19-21-11-13-26-19/h5-10H,3-4,11-13H2,1-2H3,(H,23,24). The Morgan fingerprint density at radius 3 is 2.88 bits per heavy atom. The van der Waals surface area contributed by atoms with Gasteiger partial charge < -0.3 is 14.8 Å². The quantitative estimate of drug-likeness (QED) is 0.772. The monoisotopic (exact) mass is 353 g/mol. The van der Waals surface area contributed by atoms with E-state index in [9.17, 15) is 4.79 Å². The highest BCUT2D eigenvalue weighted by molar-refractivity contribution is 6.10. The molecule has 1 amide bonds. The molecular formula is C20H23N3O3. The molecule has 6 heteroatoms. The first-order valence-corrected chi connectivity index (χ1v) is 8.87. The van der Waals surface area contributed by atoms with Gasteiger partial charge in [-0.25, -0.2) is 9.98 Å². The summed E-state index contributed by atoms with van der Waals surface area (Å²) >= 11 is 0. The van der Waals surface area contributed by atoms with Gasteiger partial charge in [0.05, 0.1) is 24.4 Å². The molecule has 0 fully saturated rings. The van der Waals surface area contributed by atoms with Gasteiger partial charge in [0.1, 0.15) is 12.2 Å². The maximum absolute atomic E-state index is 12.8. The van der Waals surface area contributed by atoms with Gasteiger partial charge in [-0.1, -0.05) is 25.5 Å². The zero-order chi connectivity index (χ0) is 18.4. The third-order valence-corrected chi connectivity index (χ3v) is 3.97. The summed E-state index contributed by atoms with van der Waals surface area (Å²) in [4.78, 5) is 21.5. The number of anilines is 1. The number of aromatic nitrogens is 1. The molecule has 26 heavy (non-hydrogen) atoms. The number of para-hydroxylation sites is 1. The van der Waals surface area contributed by atoms with Crippen molar-refractivity contribution >= 4 is 17.5 Å². The van der Waals surface area contributed by atoms with Crippen LogP contribution in [0.25, 0.3) is 0 Å². The first-order chi connectivity index (χ1) is 12.7. The topological polar surface area (TPSA) is 72.8 Å². The van der Waals surface area contributed by atoms with Crippen molar-refractivity contribution in [2.75, 3.05) is 25.1 Å². The van der Waals surface area contributed by atoms with E-state index in [-0.39, 0.29) is 5.91 Å². The molecule has 2 aromatic rings. The fourth-order valence-electron chi connectivity index (χ4n) is 2.60. The Morgan fingerprint density at radius 1 is 1.27 bits per heavy atom. The zero-order valence-electron chi connectivity index (χ0n) is 15.1. The van der Waals surface area contributed by atoms with E-state index in [0.717, 1.165) is 24.1 Å². The summed E-state index contributed by atoms with van der Waals surface area (Å²) < 4.78 is 11.3. The highest BCUT2D eigenvalue weighted by Gasteiger charge is 2.19. The Balaban J connectivity index is 1.83. The Labute approximate surface area is 153 Å². The summed E-state index contributed by atoms with van der Waals surface area (Å²) in [6, 6.07) is 11.0. The number of carbonyl (C=O) groups excluding carboxylic acids is 1. The van der Waals surface area contributed by atoms with E-state index in [1.165, 1.54) is 0 Å². The number of unbranched alkanes of at least 4 members (excludes halogenated alkanes) is 1. The van der Waals surface area contributed by atoms with Gasteiger partial charge in [-0.05, 0) is 37.6 Å². The van der Waals surface area contributed by atoms with Crippen molar-refractivity contribution < 1.29 is 14.3 Å². The molecule has 1 aromatic carbocycles. The average molecular weight is 353 g/mol. The van der Waals surface area contributed by atoms with E-state index in [4.69, 9.17) is 9.47 Å². The number of pyridine rings is 1. The molecular weight excluding hydrogens is 330 g/mol. The lowest BCUT2D eigenvalue weighted by Gasteiger charge is -2.13. The number of rotatable bonds is 7. The Morgan fingerprint density at radius 2 is 2.12 bits per heavy atom.